The number of carbonyl (C=O) groups excluding carboxylic acids is 1. The van der Waals surface area contributed by atoms with Crippen LogP contribution in [0.3, 0.4) is 0 Å². The fourth-order valence-electron chi connectivity index (χ4n) is 8.82. The van der Waals surface area contributed by atoms with Gasteiger partial charge in [0.1, 0.15) is 30.5 Å². The van der Waals surface area contributed by atoms with E-state index in [1.807, 2.05) is 0 Å². The van der Waals surface area contributed by atoms with Crippen LogP contribution in [0, 0.1) is 0 Å². The maximum Gasteiger partial charge on any atom is 0.397 e. The maximum absolute atomic E-state index is 13.0. The van der Waals surface area contributed by atoms with Crippen molar-refractivity contribution >= 4 is 16.4 Å². The molecule has 1 heterocycles. The van der Waals surface area contributed by atoms with Crippen LogP contribution in [0.2, 0.25) is 0 Å². The van der Waals surface area contributed by atoms with Crippen molar-refractivity contribution in [2.75, 3.05) is 26.4 Å². The normalized spacial score (nSPS) is 19.3. The highest BCUT2D eigenvalue weighted by Gasteiger charge is 2.48. The minimum absolute atomic E-state index is 0.0322. The van der Waals surface area contributed by atoms with Gasteiger partial charge < -0.3 is 34.3 Å². The predicted octanol–water partition coefficient (Wildman–Crippen LogP) is 14.4. The molecule has 12 nitrogen and oxygen atoms in total. The topological polar surface area (TPSA) is 178 Å². The number of hydrogen-bond acceptors (Lipinski definition) is 11. The number of carbonyl (C=O) groups is 1. The Balaban J connectivity index is 2.31. The van der Waals surface area contributed by atoms with Crippen molar-refractivity contribution in [2.45, 2.75) is 282 Å². The van der Waals surface area contributed by atoms with E-state index >= 15 is 0 Å². The molecule has 1 saturated heterocycles. The van der Waals surface area contributed by atoms with Gasteiger partial charge in [-0.2, -0.15) is 8.42 Å². The molecule has 1 fully saturated rings. The second kappa shape index (κ2) is 49.7. The van der Waals surface area contributed by atoms with Crippen LogP contribution >= 0.6 is 0 Å². The fourth-order valence-corrected chi connectivity index (χ4v) is 9.33. The van der Waals surface area contributed by atoms with Crippen molar-refractivity contribution in [3.8, 4) is 0 Å². The molecular weight excluding hydrogens is 933 g/mol. The molecule has 0 aromatic rings. The van der Waals surface area contributed by atoms with Gasteiger partial charge in [0, 0.05) is 13.0 Å². The standard InChI is InChI=1S/C59H106O12S/c1-3-5-7-9-11-13-15-17-19-21-23-25-27-28-30-32-34-36-38-40-42-44-46-48-55(61)69-53(52-68-59-57(63)58(71-72(64,65)66)56(62)54(50-60)70-59)51-67-49-47-45-43-41-39-37-35-33-31-29-26-24-22-20-18-16-14-12-10-8-6-4-2/h5,7,11,13,17,19,23,25,28,30,53-54,56-60,62-63H,3-4,6,8-10,12,14-16,18,20-22,24,26-27,29,31-52H2,1-2H3,(H,64,65,66)/b7-5-,13-11-,19-17-,25-23-,30-28-. The predicted molar refractivity (Wildman–Crippen MR) is 294 cm³/mol. The second-order valence-electron chi connectivity index (χ2n) is 19.9. The van der Waals surface area contributed by atoms with E-state index in [1.54, 1.807) is 0 Å². The van der Waals surface area contributed by atoms with Crippen molar-refractivity contribution in [1.82, 2.24) is 0 Å². The fraction of sp³-hybridized carbons (Fsp3) is 0.814. The molecule has 0 saturated carbocycles. The van der Waals surface area contributed by atoms with E-state index in [0.717, 1.165) is 83.5 Å². The summed E-state index contributed by atoms with van der Waals surface area (Å²) in [4.78, 5) is 13.0. The van der Waals surface area contributed by atoms with Gasteiger partial charge in [-0.25, -0.2) is 4.18 Å². The Bertz CT molecular complexity index is 1480. The van der Waals surface area contributed by atoms with Crippen molar-refractivity contribution < 1.29 is 56.2 Å². The van der Waals surface area contributed by atoms with Crippen LogP contribution in [0.25, 0.3) is 0 Å². The first-order chi connectivity index (χ1) is 35.1. The summed E-state index contributed by atoms with van der Waals surface area (Å²) in [6.07, 6.45) is 55.4. The van der Waals surface area contributed by atoms with E-state index in [2.05, 4.69) is 78.8 Å². The lowest BCUT2D eigenvalue weighted by atomic mass is 9.99. The first-order valence-corrected chi connectivity index (χ1v) is 30.4. The molecule has 0 amide bonds. The quantitative estimate of drug-likeness (QED) is 0.0196. The highest BCUT2D eigenvalue weighted by atomic mass is 32.3. The van der Waals surface area contributed by atoms with E-state index in [0.29, 0.717) is 13.0 Å². The van der Waals surface area contributed by atoms with E-state index in [-0.39, 0.29) is 19.6 Å². The van der Waals surface area contributed by atoms with Gasteiger partial charge in [0.25, 0.3) is 0 Å². The van der Waals surface area contributed by atoms with Crippen molar-refractivity contribution in [3.05, 3.63) is 60.8 Å². The zero-order valence-electron chi connectivity index (χ0n) is 45.5. The number of ether oxygens (including phenoxy) is 4. The number of aliphatic hydroxyl groups excluding tert-OH is 3. The van der Waals surface area contributed by atoms with Crippen molar-refractivity contribution in [1.29, 1.82) is 0 Å². The molecule has 0 bridgehead atoms. The Morgan fingerprint density at radius 2 is 0.958 bits per heavy atom. The summed E-state index contributed by atoms with van der Waals surface area (Å²) in [6, 6.07) is 0. The summed E-state index contributed by atoms with van der Waals surface area (Å²) in [7, 11) is -5.07. The van der Waals surface area contributed by atoms with E-state index in [4.69, 9.17) is 18.9 Å². The summed E-state index contributed by atoms with van der Waals surface area (Å²) >= 11 is 0. The maximum atomic E-state index is 13.0. The summed E-state index contributed by atoms with van der Waals surface area (Å²) in [6.45, 7) is 3.91. The number of allylic oxidation sites excluding steroid dienone is 10. The summed E-state index contributed by atoms with van der Waals surface area (Å²) in [5.74, 6) is -0.407. The largest absolute Gasteiger partial charge is 0.457 e. The molecule has 0 aliphatic carbocycles. The lowest BCUT2D eigenvalue weighted by molar-refractivity contribution is -0.301. The van der Waals surface area contributed by atoms with Crippen molar-refractivity contribution in [2.24, 2.45) is 0 Å². The third-order valence-corrected chi connectivity index (χ3v) is 13.6. The Kier molecular flexibility index (Phi) is 46.8. The Morgan fingerprint density at radius 1 is 0.542 bits per heavy atom. The molecule has 0 radical (unpaired) electrons. The van der Waals surface area contributed by atoms with E-state index in [9.17, 15) is 33.1 Å². The van der Waals surface area contributed by atoms with Crippen LogP contribution in [0.4, 0.5) is 0 Å². The van der Waals surface area contributed by atoms with Gasteiger partial charge in [-0.05, 0) is 57.8 Å². The average molecular weight is 1040 g/mol. The molecule has 13 heteroatoms. The third kappa shape index (κ3) is 42.1. The molecule has 4 N–H and O–H groups in total. The number of unbranched alkanes of at least 4 members (excludes halogenated alkanes) is 28. The van der Waals surface area contributed by atoms with Crippen LogP contribution in [0.15, 0.2) is 60.8 Å². The van der Waals surface area contributed by atoms with E-state index < -0.39 is 59.8 Å². The van der Waals surface area contributed by atoms with E-state index in [1.165, 1.54) is 135 Å². The molecule has 420 valence electrons. The van der Waals surface area contributed by atoms with Gasteiger partial charge in [-0.3, -0.25) is 9.35 Å². The Labute approximate surface area is 439 Å². The monoisotopic (exact) mass is 1040 g/mol. The molecular formula is C59H106O12S. The first kappa shape index (κ1) is 67.8. The first-order valence-electron chi connectivity index (χ1n) is 29.0. The van der Waals surface area contributed by atoms with Crippen LogP contribution in [0.1, 0.15) is 245 Å². The molecule has 0 spiro atoms. The SMILES string of the molecule is CC/C=C\C/C=C\C/C=C\C/C=C\C/C=C\CCCCCCCCCC(=O)OC(COCCCCCCCCCCCCCCCCCCCCCCCC)COC1OC(CO)C(O)C(OS(=O)(=O)O)C1O. The number of hydrogen-bond donors (Lipinski definition) is 4. The highest BCUT2D eigenvalue weighted by Crippen LogP contribution is 2.26. The van der Waals surface area contributed by atoms with Crippen LogP contribution in [-0.2, 0) is 38.3 Å². The van der Waals surface area contributed by atoms with Gasteiger partial charge in [-0.15, -0.1) is 0 Å². The van der Waals surface area contributed by atoms with Gasteiger partial charge in [0.2, 0.25) is 0 Å². The van der Waals surface area contributed by atoms with Crippen LogP contribution in [-0.4, -0.2) is 97.5 Å². The van der Waals surface area contributed by atoms with Crippen LogP contribution < -0.4 is 0 Å². The molecule has 72 heavy (non-hydrogen) atoms. The molecule has 1 rings (SSSR count). The zero-order valence-corrected chi connectivity index (χ0v) is 46.3. The summed E-state index contributed by atoms with van der Waals surface area (Å²) in [5.41, 5.74) is 0. The molecule has 0 aromatic carbocycles. The third-order valence-electron chi connectivity index (χ3n) is 13.2. The zero-order chi connectivity index (χ0) is 52.4. The Morgan fingerprint density at radius 3 is 1.40 bits per heavy atom. The molecule has 1 aliphatic rings. The Hall–Kier alpha value is -2.20. The van der Waals surface area contributed by atoms with Crippen molar-refractivity contribution in [3.63, 3.8) is 0 Å². The molecule has 6 atom stereocenters. The summed E-state index contributed by atoms with van der Waals surface area (Å²) in [5, 5.41) is 30.8. The number of aliphatic hydroxyl groups is 3. The second-order valence-corrected chi connectivity index (χ2v) is 20.9. The van der Waals surface area contributed by atoms with Gasteiger partial charge in [-0.1, -0.05) is 242 Å². The minimum atomic E-state index is -5.07. The number of esters is 1. The molecule has 6 unspecified atom stereocenters. The summed E-state index contributed by atoms with van der Waals surface area (Å²) < 4.78 is 59.4. The molecule has 0 aromatic heterocycles. The van der Waals surface area contributed by atoms with Gasteiger partial charge in [0.15, 0.2) is 6.29 Å². The highest BCUT2D eigenvalue weighted by molar-refractivity contribution is 7.80. The lowest BCUT2D eigenvalue weighted by Crippen LogP contribution is -2.60. The number of rotatable bonds is 51. The lowest BCUT2D eigenvalue weighted by Gasteiger charge is -2.41. The average Bonchev–Trinajstić information content (AvgIpc) is 3.36. The van der Waals surface area contributed by atoms with Crippen LogP contribution in [0.5, 0.6) is 0 Å². The molecule has 1 aliphatic heterocycles. The van der Waals surface area contributed by atoms with Gasteiger partial charge >= 0.3 is 16.4 Å². The smallest absolute Gasteiger partial charge is 0.397 e. The minimum Gasteiger partial charge on any atom is -0.457 e. The van der Waals surface area contributed by atoms with Gasteiger partial charge in [0.05, 0.1) is 19.8 Å².